The van der Waals surface area contributed by atoms with Crippen molar-refractivity contribution in [1.82, 2.24) is 0 Å². The number of rotatable bonds is 3. The Labute approximate surface area is 121 Å². The summed E-state index contributed by atoms with van der Waals surface area (Å²) in [5.74, 6) is 1.95. The number of hydrogen-bond acceptors (Lipinski definition) is 1. The molecule has 0 heterocycles. The van der Waals surface area contributed by atoms with Crippen molar-refractivity contribution in [3.63, 3.8) is 0 Å². The molecule has 0 aromatic heterocycles. The fraction of sp³-hybridized carbons (Fsp3) is 0.667. The summed E-state index contributed by atoms with van der Waals surface area (Å²) in [6, 6.07) is 8.81. The number of quaternary nitrogens is 1. The van der Waals surface area contributed by atoms with Crippen LogP contribution in [0.1, 0.15) is 50.5 Å². The Morgan fingerprint density at radius 3 is 2.30 bits per heavy atom. The lowest BCUT2D eigenvalue weighted by Gasteiger charge is -2.62. The standard InChI is InChI=1S/C18H26N2/c19-6-5-17-8-13-7-14(9-17)11-18(10-13,12-17)15-1-3-16(20)4-2-15/h1-4,13-14H,5-12,19-20H2/p+1/t13-,14+,17?,18?. The smallest absolute Gasteiger partial charge is 0.0745 e. The highest BCUT2D eigenvalue weighted by Crippen LogP contribution is 2.66. The maximum Gasteiger partial charge on any atom is 0.0745 e. The summed E-state index contributed by atoms with van der Waals surface area (Å²) in [6.45, 7) is 1.11. The molecule has 108 valence electrons. The van der Waals surface area contributed by atoms with Crippen LogP contribution in [-0.4, -0.2) is 6.54 Å². The van der Waals surface area contributed by atoms with Crippen LogP contribution in [0.15, 0.2) is 24.3 Å². The average molecular weight is 271 g/mol. The highest BCUT2D eigenvalue weighted by Gasteiger charge is 2.57. The van der Waals surface area contributed by atoms with Crippen molar-refractivity contribution < 1.29 is 5.73 Å². The van der Waals surface area contributed by atoms with Crippen LogP contribution in [0.4, 0.5) is 5.69 Å². The number of nitrogen functional groups attached to an aromatic ring is 1. The molecule has 1 aromatic carbocycles. The van der Waals surface area contributed by atoms with Gasteiger partial charge in [0.25, 0.3) is 0 Å². The van der Waals surface area contributed by atoms with Gasteiger partial charge in [0.2, 0.25) is 0 Å². The van der Waals surface area contributed by atoms with Crippen molar-refractivity contribution in [3.05, 3.63) is 29.8 Å². The Balaban J connectivity index is 1.73. The van der Waals surface area contributed by atoms with E-state index in [2.05, 4.69) is 30.0 Å². The number of benzene rings is 1. The Hall–Kier alpha value is -1.02. The molecule has 2 nitrogen and oxygen atoms in total. The van der Waals surface area contributed by atoms with Gasteiger partial charge in [0, 0.05) is 12.1 Å². The molecule has 1 aromatic rings. The molecule has 0 radical (unpaired) electrons. The average Bonchev–Trinajstić information content (AvgIpc) is 2.37. The van der Waals surface area contributed by atoms with E-state index in [9.17, 15) is 0 Å². The Kier molecular flexibility index (Phi) is 2.69. The van der Waals surface area contributed by atoms with E-state index in [4.69, 9.17) is 5.73 Å². The van der Waals surface area contributed by atoms with Crippen molar-refractivity contribution in [2.45, 2.75) is 50.4 Å². The second kappa shape index (κ2) is 4.24. The lowest BCUT2D eigenvalue weighted by atomic mass is 9.42. The van der Waals surface area contributed by atoms with Crippen LogP contribution in [-0.2, 0) is 5.41 Å². The summed E-state index contributed by atoms with van der Waals surface area (Å²) in [5.41, 5.74) is 13.6. The molecule has 4 saturated carbocycles. The molecule has 0 aliphatic heterocycles. The van der Waals surface area contributed by atoms with E-state index in [0.717, 1.165) is 24.1 Å². The Morgan fingerprint density at radius 1 is 1.05 bits per heavy atom. The lowest BCUT2D eigenvalue weighted by Crippen LogP contribution is -2.58. The predicted octanol–water partition coefficient (Wildman–Crippen LogP) is 2.74. The van der Waals surface area contributed by atoms with E-state index in [0.29, 0.717) is 10.8 Å². The van der Waals surface area contributed by atoms with Gasteiger partial charge in [-0.3, -0.25) is 0 Å². The molecule has 2 unspecified atom stereocenters. The third-order valence-electron chi connectivity index (χ3n) is 6.41. The third kappa shape index (κ3) is 1.81. The van der Waals surface area contributed by atoms with Crippen LogP contribution >= 0.6 is 0 Å². The zero-order valence-electron chi connectivity index (χ0n) is 12.4. The lowest BCUT2D eigenvalue weighted by molar-refractivity contribution is -0.375. The molecule has 5 N–H and O–H groups in total. The summed E-state index contributed by atoms with van der Waals surface area (Å²) in [5, 5.41) is 0. The molecular weight excluding hydrogens is 244 g/mol. The quantitative estimate of drug-likeness (QED) is 0.816. The van der Waals surface area contributed by atoms with Crippen molar-refractivity contribution >= 4 is 5.69 Å². The molecule has 5 rings (SSSR count). The van der Waals surface area contributed by atoms with Crippen molar-refractivity contribution in [3.8, 4) is 0 Å². The van der Waals surface area contributed by atoms with Gasteiger partial charge in [-0.1, -0.05) is 12.1 Å². The monoisotopic (exact) mass is 271 g/mol. The van der Waals surface area contributed by atoms with Crippen molar-refractivity contribution in [2.75, 3.05) is 12.3 Å². The van der Waals surface area contributed by atoms with Crippen molar-refractivity contribution in [2.24, 2.45) is 17.3 Å². The van der Waals surface area contributed by atoms with Crippen molar-refractivity contribution in [1.29, 1.82) is 0 Å². The molecular formula is C18H27N2+. The molecule has 0 spiro atoms. The van der Waals surface area contributed by atoms with E-state index >= 15 is 0 Å². The van der Waals surface area contributed by atoms with Gasteiger partial charge in [0.1, 0.15) is 0 Å². The first-order valence-electron chi connectivity index (χ1n) is 8.28. The summed E-state index contributed by atoms with van der Waals surface area (Å²) in [6.07, 6.45) is 10.1. The van der Waals surface area contributed by atoms with Crippen LogP contribution < -0.4 is 11.5 Å². The van der Waals surface area contributed by atoms with E-state index in [1.54, 1.807) is 5.56 Å². The van der Waals surface area contributed by atoms with Crippen LogP contribution in [0, 0.1) is 17.3 Å². The molecule has 20 heavy (non-hydrogen) atoms. The van der Waals surface area contributed by atoms with Crippen LogP contribution in [0.5, 0.6) is 0 Å². The normalized spacial score (nSPS) is 42.0. The second-order valence-corrected chi connectivity index (χ2v) is 7.97. The van der Waals surface area contributed by atoms with Gasteiger partial charge in [-0.25, -0.2) is 0 Å². The van der Waals surface area contributed by atoms with E-state index in [-0.39, 0.29) is 0 Å². The molecule has 4 aliphatic rings. The number of anilines is 1. The third-order valence-corrected chi connectivity index (χ3v) is 6.41. The Bertz CT molecular complexity index is 491. The van der Waals surface area contributed by atoms with Gasteiger partial charge in [-0.05, 0) is 78.9 Å². The maximum absolute atomic E-state index is 5.88. The van der Waals surface area contributed by atoms with Crippen LogP contribution in [0.3, 0.4) is 0 Å². The summed E-state index contributed by atoms with van der Waals surface area (Å²) in [7, 11) is 0. The first kappa shape index (κ1) is 12.7. The highest BCUT2D eigenvalue weighted by molar-refractivity contribution is 5.42. The summed E-state index contributed by atoms with van der Waals surface area (Å²) >= 11 is 0. The minimum absolute atomic E-state index is 0.465. The molecule has 0 amide bonds. The fourth-order valence-corrected chi connectivity index (χ4v) is 6.29. The molecule has 4 aliphatic carbocycles. The largest absolute Gasteiger partial charge is 0.399 e. The number of hydrogen-bond donors (Lipinski definition) is 2. The van der Waals surface area contributed by atoms with Gasteiger partial charge in [0.15, 0.2) is 0 Å². The molecule has 4 atom stereocenters. The van der Waals surface area contributed by atoms with Gasteiger partial charge >= 0.3 is 0 Å². The fourth-order valence-electron chi connectivity index (χ4n) is 6.29. The van der Waals surface area contributed by atoms with E-state index in [1.165, 1.54) is 44.9 Å². The topological polar surface area (TPSA) is 53.7 Å². The van der Waals surface area contributed by atoms with Crippen LogP contribution in [0.2, 0.25) is 0 Å². The minimum atomic E-state index is 0.465. The van der Waals surface area contributed by atoms with E-state index in [1.807, 2.05) is 0 Å². The van der Waals surface area contributed by atoms with Crippen LogP contribution in [0.25, 0.3) is 0 Å². The SMILES string of the molecule is Nc1ccc(C23C[C@@H]4C[C@@H](CC(CC[NH3+])(C4)C2)C3)cc1. The zero-order valence-corrected chi connectivity index (χ0v) is 12.4. The molecule has 4 fully saturated rings. The zero-order chi connectivity index (χ0) is 13.8. The minimum Gasteiger partial charge on any atom is -0.399 e. The highest BCUT2D eigenvalue weighted by atomic mass is 14.6. The maximum atomic E-state index is 5.88. The molecule has 2 heteroatoms. The molecule has 0 saturated heterocycles. The second-order valence-electron chi connectivity index (χ2n) is 7.97. The first-order valence-corrected chi connectivity index (χ1v) is 8.28. The van der Waals surface area contributed by atoms with Gasteiger partial charge in [0.05, 0.1) is 6.54 Å². The summed E-state index contributed by atoms with van der Waals surface area (Å²) < 4.78 is 0. The number of nitrogens with two attached hydrogens (primary N) is 1. The molecule has 4 bridgehead atoms. The van der Waals surface area contributed by atoms with Gasteiger partial charge in [-0.15, -0.1) is 0 Å². The summed E-state index contributed by atoms with van der Waals surface area (Å²) in [4.78, 5) is 0. The van der Waals surface area contributed by atoms with Gasteiger partial charge in [-0.2, -0.15) is 0 Å². The van der Waals surface area contributed by atoms with Gasteiger partial charge < -0.3 is 11.5 Å². The van der Waals surface area contributed by atoms with E-state index < -0.39 is 0 Å². The Morgan fingerprint density at radius 2 is 1.70 bits per heavy atom. The predicted molar refractivity (Wildman–Crippen MR) is 82.0 cm³/mol. The first-order chi connectivity index (χ1) is 9.63.